The van der Waals surface area contributed by atoms with Crippen LogP contribution in [0.15, 0.2) is 79.0 Å². The quantitative estimate of drug-likeness (QED) is 0.138. The van der Waals surface area contributed by atoms with Gasteiger partial charge in [-0.1, -0.05) is 24.3 Å². The van der Waals surface area contributed by atoms with Crippen LogP contribution < -0.4 is 23.5 Å². The average molecular weight is 573 g/mol. The van der Waals surface area contributed by atoms with Crippen LogP contribution in [-0.4, -0.2) is 30.9 Å². The lowest BCUT2D eigenvalue weighted by Gasteiger charge is -2.22. The molecule has 212 valence electrons. The van der Waals surface area contributed by atoms with Gasteiger partial charge in [-0.25, -0.2) is 0 Å². The maximum Gasteiger partial charge on any atom is 0.270 e. The van der Waals surface area contributed by atoms with Gasteiger partial charge >= 0.3 is 0 Å². The van der Waals surface area contributed by atoms with E-state index in [0.717, 1.165) is 79.8 Å². The van der Waals surface area contributed by atoms with E-state index in [2.05, 4.69) is 46.1 Å². The number of ether oxygens (including phenoxy) is 4. The van der Waals surface area contributed by atoms with Gasteiger partial charge in [0.1, 0.15) is 0 Å². The molecule has 4 heterocycles. The second-order valence-electron chi connectivity index (χ2n) is 10.7. The Morgan fingerprint density at radius 1 is 0.884 bits per heavy atom. The van der Waals surface area contributed by atoms with Crippen molar-refractivity contribution in [3.63, 3.8) is 0 Å². The first-order chi connectivity index (χ1) is 21.0. The first-order valence-electron chi connectivity index (χ1n) is 13.9. The fourth-order valence-electron chi connectivity index (χ4n) is 6.49. The number of hydrogen-bond acceptors (Lipinski definition) is 6. The predicted octanol–water partition coefficient (Wildman–Crippen LogP) is 6.82. The van der Waals surface area contributed by atoms with Crippen molar-refractivity contribution in [1.29, 1.82) is 0 Å². The van der Waals surface area contributed by atoms with Gasteiger partial charge in [0.25, 0.3) is 5.69 Å². The maximum atomic E-state index is 11.4. The molecule has 1 N–H and O–H groups in total. The third-order valence-corrected chi connectivity index (χ3v) is 8.44. The molecule has 0 bridgehead atoms. The van der Waals surface area contributed by atoms with Gasteiger partial charge < -0.3 is 23.9 Å². The van der Waals surface area contributed by atoms with Crippen LogP contribution in [0.2, 0.25) is 0 Å². The number of benzene rings is 4. The highest BCUT2D eigenvalue weighted by molar-refractivity contribution is 6.07. The number of aromatic amines is 1. The minimum atomic E-state index is -0.371. The number of nitrogens with one attached hydrogen (secondary N) is 1. The molecule has 2 aromatic heterocycles. The van der Waals surface area contributed by atoms with Crippen molar-refractivity contribution in [3.05, 3.63) is 94.7 Å². The number of H-pyrrole nitrogens is 1. The molecule has 6 aromatic rings. The summed E-state index contributed by atoms with van der Waals surface area (Å²) < 4.78 is 25.4. The average Bonchev–Trinajstić information content (AvgIpc) is 3.68. The third-order valence-electron chi connectivity index (χ3n) is 8.44. The van der Waals surface area contributed by atoms with Crippen LogP contribution in [-0.2, 0) is 13.0 Å². The second-order valence-corrected chi connectivity index (χ2v) is 10.7. The first kappa shape index (κ1) is 25.2. The summed E-state index contributed by atoms with van der Waals surface area (Å²) in [7, 11) is 3.30. The van der Waals surface area contributed by atoms with E-state index in [1.807, 2.05) is 24.3 Å². The molecule has 0 atom stereocenters. The summed E-state index contributed by atoms with van der Waals surface area (Å²) in [6.07, 6.45) is 2.98. The number of methoxy groups -OCH3 is 2. The summed E-state index contributed by atoms with van der Waals surface area (Å²) in [6, 6.07) is 23.3. The van der Waals surface area contributed by atoms with Gasteiger partial charge in [-0.05, 0) is 47.5 Å². The Balaban J connectivity index is 1.45. The van der Waals surface area contributed by atoms with E-state index in [0.29, 0.717) is 11.5 Å². The molecule has 0 saturated heterocycles. The van der Waals surface area contributed by atoms with E-state index in [1.54, 1.807) is 26.4 Å². The van der Waals surface area contributed by atoms with Gasteiger partial charge in [-0.3, -0.25) is 10.1 Å². The highest BCUT2D eigenvalue weighted by Crippen LogP contribution is 2.48. The first-order valence-corrected chi connectivity index (χ1v) is 13.9. The largest absolute Gasteiger partial charge is 0.493 e. The Bertz CT molecular complexity index is 2130. The molecule has 0 saturated carbocycles. The number of non-ortho nitro benzene ring substituents is 1. The highest BCUT2D eigenvalue weighted by atomic mass is 16.7. The number of nitrogens with zero attached hydrogens (tertiary/aromatic N) is 2. The summed E-state index contributed by atoms with van der Waals surface area (Å²) >= 11 is 0. The summed E-state index contributed by atoms with van der Waals surface area (Å²) in [5.74, 6) is 2.83. The Kier molecular flexibility index (Phi) is 5.55. The van der Waals surface area contributed by atoms with Crippen LogP contribution in [0.1, 0.15) is 5.56 Å². The normalized spacial score (nSPS) is 13.2. The van der Waals surface area contributed by atoms with E-state index in [4.69, 9.17) is 18.9 Å². The topological polar surface area (TPSA) is 99.7 Å². The van der Waals surface area contributed by atoms with Gasteiger partial charge in [-0.2, -0.15) is 4.57 Å². The van der Waals surface area contributed by atoms with Crippen molar-refractivity contribution in [1.82, 2.24) is 4.98 Å². The Morgan fingerprint density at radius 2 is 1.70 bits per heavy atom. The number of nitro benzene ring substituents is 1. The molecule has 0 spiro atoms. The smallest absolute Gasteiger partial charge is 0.270 e. The number of fused-ring (bicyclic) bond motifs is 6. The van der Waals surface area contributed by atoms with Gasteiger partial charge in [-0.15, -0.1) is 0 Å². The van der Waals surface area contributed by atoms with Crippen LogP contribution in [0.25, 0.3) is 55.3 Å². The highest BCUT2D eigenvalue weighted by Gasteiger charge is 2.34. The Labute approximate surface area is 246 Å². The molecule has 4 aromatic carbocycles. The van der Waals surface area contributed by atoms with E-state index in [-0.39, 0.29) is 17.4 Å². The van der Waals surface area contributed by atoms with Crippen LogP contribution in [0.5, 0.6) is 23.0 Å². The van der Waals surface area contributed by atoms with Crippen LogP contribution in [0.4, 0.5) is 5.69 Å². The number of pyridine rings is 1. The Morgan fingerprint density at radius 3 is 2.49 bits per heavy atom. The number of rotatable bonds is 5. The van der Waals surface area contributed by atoms with Crippen LogP contribution >= 0.6 is 0 Å². The summed E-state index contributed by atoms with van der Waals surface area (Å²) in [4.78, 5) is 14.6. The molecule has 9 heteroatoms. The molecule has 0 unspecified atom stereocenters. The summed E-state index contributed by atoms with van der Waals surface area (Å²) in [5, 5.41) is 14.2. The minimum absolute atomic E-state index is 0.0576. The predicted molar refractivity (Wildman–Crippen MR) is 162 cm³/mol. The molecule has 43 heavy (non-hydrogen) atoms. The molecule has 2 aliphatic heterocycles. The zero-order chi connectivity index (χ0) is 29.2. The number of aromatic nitrogens is 2. The lowest BCUT2D eigenvalue weighted by Crippen LogP contribution is -2.40. The molecule has 0 aliphatic carbocycles. The molecular formula is C34H26N3O6+. The number of hydrogen-bond donors (Lipinski definition) is 1. The van der Waals surface area contributed by atoms with Crippen molar-refractivity contribution >= 4 is 27.4 Å². The number of nitro groups is 1. The van der Waals surface area contributed by atoms with Gasteiger partial charge in [0.05, 0.1) is 35.7 Å². The molecule has 9 nitrogen and oxygen atoms in total. The van der Waals surface area contributed by atoms with E-state index in [1.165, 1.54) is 11.6 Å². The van der Waals surface area contributed by atoms with E-state index >= 15 is 0 Å². The Hall–Kier alpha value is -5.57. The minimum Gasteiger partial charge on any atom is -0.493 e. The SMILES string of the molecule is COc1ccc2c(-c3ccccc3-c3cc4cc([N+](=O)[O-])ccc4[nH]3)c3[n+](cc2c1OC)CCc1cc2c(cc1-3)OCO2. The fraction of sp³-hybridized carbons (Fsp3) is 0.147. The molecule has 8 rings (SSSR count). The van der Waals surface area contributed by atoms with Crippen LogP contribution in [0, 0.1) is 10.1 Å². The molecule has 0 amide bonds. The molecule has 0 fully saturated rings. The standard InChI is InChI=1S/C34H26N3O6/c1-40-29-10-8-24-26(34(29)41-2)17-36-12-11-19-15-30-31(43-18-42-30)16-25(19)33(36)32(24)23-6-4-3-5-22(23)28-14-20-13-21(37(38)39)7-9-27(20)35-28/h3-10,13-17,35H,11-12,18H2,1-2H3/q+1. The van der Waals surface area contributed by atoms with Gasteiger partial charge in [0, 0.05) is 46.1 Å². The summed E-state index contributed by atoms with van der Waals surface area (Å²) in [6.45, 7) is 0.977. The molecule has 2 aliphatic rings. The zero-order valence-electron chi connectivity index (χ0n) is 23.5. The van der Waals surface area contributed by atoms with Crippen molar-refractivity contribution < 1.29 is 28.4 Å². The van der Waals surface area contributed by atoms with Gasteiger partial charge in [0.2, 0.25) is 12.5 Å². The molecule has 0 radical (unpaired) electrons. The number of aryl methyl sites for hydroxylation is 2. The van der Waals surface area contributed by atoms with E-state index < -0.39 is 0 Å². The van der Waals surface area contributed by atoms with Crippen molar-refractivity contribution in [2.45, 2.75) is 13.0 Å². The fourth-order valence-corrected chi connectivity index (χ4v) is 6.49. The van der Waals surface area contributed by atoms with Crippen molar-refractivity contribution in [2.24, 2.45) is 0 Å². The van der Waals surface area contributed by atoms with Crippen molar-refractivity contribution in [3.8, 4) is 56.6 Å². The lowest BCUT2D eigenvalue weighted by atomic mass is 9.86. The third kappa shape index (κ3) is 3.81. The maximum absolute atomic E-state index is 11.4. The van der Waals surface area contributed by atoms with Crippen molar-refractivity contribution in [2.75, 3.05) is 21.0 Å². The second kappa shape index (κ2) is 9.49. The zero-order valence-corrected chi connectivity index (χ0v) is 23.5. The monoisotopic (exact) mass is 572 g/mol. The van der Waals surface area contributed by atoms with Crippen LogP contribution in [0.3, 0.4) is 0 Å². The summed E-state index contributed by atoms with van der Waals surface area (Å²) in [5.41, 5.74) is 8.12. The van der Waals surface area contributed by atoms with E-state index in [9.17, 15) is 10.1 Å². The van der Waals surface area contributed by atoms with Gasteiger partial charge in [0.15, 0.2) is 35.7 Å². The molecular weight excluding hydrogens is 546 g/mol. The lowest BCUT2D eigenvalue weighted by molar-refractivity contribution is -0.685.